The van der Waals surface area contributed by atoms with Gasteiger partial charge >= 0.3 is 15.2 Å². The average molecular weight is 544 g/mol. The van der Waals surface area contributed by atoms with Gasteiger partial charge in [0, 0.05) is 0 Å². The third-order valence-corrected chi connectivity index (χ3v) is 8.64. The van der Waals surface area contributed by atoms with E-state index in [1.54, 1.807) is 0 Å². The van der Waals surface area contributed by atoms with Crippen LogP contribution in [0.3, 0.4) is 0 Å². The van der Waals surface area contributed by atoms with E-state index in [0.29, 0.717) is 0 Å². The molecule has 0 fully saturated rings. The summed E-state index contributed by atoms with van der Waals surface area (Å²) in [4.78, 5) is 48.3. The molecule has 0 bridgehead atoms. The molecular formula is C20H26N4O10P2. The first-order chi connectivity index (χ1) is 16.8. The van der Waals surface area contributed by atoms with Crippen molar-refractivity contribution in [3.05, 3.63) is 70.6 Å². The van der Waals surface area contributed by atoms with Gasteiger partial charge in [-0.1, -0.05) is 36.4 Å². The molecule has 0 saturated heterocycles. The van der Waals surface area contributed by atoms with Gasteiger partial charge in [-0.3, -0.25) is 23.1 Å². The molecule has 0 aliphatic rings. The highest BCUT2D eigenvalue weighted by atomic mass is 31.2. The molecule has 0 amide bonds. The number of hydrogen-bond acceptors (Lipinski definition) is 9. The van der Waals surface area contributed by atoms with Crippen molar-refractivity contribution in [3.63, 3.8) is 0 Å². The van der Waals surface area contributed by atoms with Crippen LogP contribution in [0.4, 0.5) is 0 Å². The summed E-state index contributed by atoms with van der Waals surface area (Å²) in [6.07, 6.45) is -2.02. The lowest BCUT2D eigenvalue weighted by Gasteiger charge is -2.26. The molecule has 0 radical (unpaired) electrons. The highest BCUT2D eigenvalue weighted by Gasteiger charge is 2.34. The van der Waals surface area contributed by atoms with Crippen molar-refractivity contribution in [1.29, 1.82) is 0 Å². The van der Waals surface area contributed by atoms with Gasteiger partial charge in [-0.2, -0.15) is 0 Å². The van der Waals surface area contributed by atoms with E-state index in [9.17, 15) is 34.1 Å². The van der Waals surface area contributed by atoms with Gasteiger partial charge < -0.3 is 34.5 Å². The van der Waals surface area contributed by atoms with E-state index in [1.807, 2.05) is 30.3 Å². The maximum atomic E-state index is 12.8. The van der Waals surface area contributed by atoms with E-state index in [2.05, 4.69) is 14.5 Å². The number of benzene rings is 1. The van der Waals surface area contributed by atoms with Gasteiger partial charge in [0.15, 0.2) is 23.3 Å². The van der Waals surface area contributed by atoms with Crippen molar-refractivity contribution in [2.24, 2.45) is 0 Å². The molecule has 196 valence electrons. The second-order valence-electron chi connectivity index (χ2n) is 7.92. The maximum Gasteiger partial charge on any atom is 0.340 e. The van der Waals surface area contributed by atoms with Crippen LogP contribution in [0.5, 0.6) is 0 Å². The lowest BCUT2D eigenvalue weighted by molar-refractivity contribution is -0.0795. The highest BCUT2D eigenvalue weighted by Crippen LogP contribution is 2.55. The van der Waals surface area contributed by atoms with Crippen molar-refractivity contribution in [3.8, 4) is 0 Å². The van der Waals surface area contributed by atoms with Crippen molar-refractivity contribution < 1.29 is 43.7 Å². The molecule has 16 heteroatoms. The van der Waals surface area contributed by atoms with E-state index in [4.69, 9.17) is 9.79 Å². The normalized spacial score (nSPS) is 17.0. The second kappa shape index (κ2) is 11.3. The maximum absolute atomic E-state index is 12.8. The summed E-state index contributed by atoms with van der Waals surface area (Å²) in [5, 5.41) is 31.7. The smallest absolute Gasteiger partial charge is 0.340 e. The number of nitrogens with zero attached hydrogens (tertiary/aromatic N) is 4. The number of fused-ring (bicyclic) bond motifs is 1. The zero-order chi connectivity index (χ0) is 26.7. The largest absolute Gasteiger partial charge is 0.386 e. The summed E-state index contributed by atoms with van der Waals surface area (Å²) in [7, 11) is -9.56. The van der Waals surface area contributed by atoms with Crippen molar-refractivity contribution in [2.75, 3.05) is 12.5 Å². The molecule has 1 unspecified atom stereocenters. The molecule has 0 saturated carbocycles. The zero-order valence-corrected chi connectivity index (χ0v) is 20.8. The van der Waals surface area contributed by atoms with Gasteiger partial charge in [0.1, 0.15) is 18.5 Å². The summed E-state index contributed by atoms with van der Waals surface area (Å²) in [5.74, 6) is -1.42. The van der Waals surface area contributed by atoms with Crippen LogP contribution >= 0.6 is 15.2 Å². The Hall–Kier alpha value is -2.51. The Labute approximate surface area is 204 Å². The predicted octanol–water partition coefficient (Wildman–Crippen LogP) is 0.137. The van der Waals surface area contributed by atoms with Crippen molar-refractivity contribution in [1.82, 2.24) is 19.1 Å². The van der Waals surface area contributed by atoms with E-state index < -0.39 is 51.7 Å². The third kappa shape index (κ3) is 6.83. The number of hydrogen-bond donors (Lipinski definition) is 6. The average Bonchev–Trinajstić information content (AvgIpc) is 3.24. The topological polar surface area (TPSA) is 217 Å². The number of aliphatic hydroxyl groups excluding tert-OH is 3. The third-order valence-electron chi connectivity index (χ3n) is 5.21. The van der Waals surface area contributed by atoms with Crippen molar-refractivity contribution >= 4 is 26.4 Å². The molecule has 0 aliphatic heterocycles. The fourth-order valence-electron chi connectivity index (χ4n) is 3.37. The van der Waals surface area contributed by atoms with Crippen LogP contribution < -0.4 is 5.56 Å². The minimum Gasteiger partial charge on any atom is -0.386 e. The molecule has 1 aromatic carbocycles. The van der Waals surface area contributed by atoms with Crippen molar-refractivity contribution in [2.45, 2.75) is 31.9 Å². The lowest BCUT2D eigenvalue weighted by atomic mass is 10.0. The molecule has 2 aromatic heterocycles. The minimum atomic E-state index is -4.85. The Morgan fingerprint density at radius 1 is 1.08 bits per heavy atom. The molecule has 36 heavy (non-hydrogen) atoms. The van der Waals surface area contributed by atoms with E-state index in [-0.39, 0.29) is 23.3 Å². The molecule has 0 spiro atoms. The van der Waals surface area contributed by atoms with Crippen LogP contribution in [-0.2, 0) is 20.2 Å². The molecular weight excluding hydrogens is 518 g/mol. The summed E-state index contributed by atoms with van der Waals surface area (Å²) < 4.78 is 29.8. The fraction of sp³-hybridized carbons (Fsp3) is 0.350. The van der Waals surface area contributed by atoms with Crippen LogP contribution in [0.1, 0.15) is 18.7 Å². The summed E-state index contributed by atoms with van der Waals surface area (Å²) in [6, 6.07) is 9.16. The number of aliphatic hydroxyl groups is 3. The number of allylic oxidation sites excluding steroid dienone is 1. The molecule has 6 N–H and O–H groups in total. The molecule has 3 aromatic rings. The van der Waals surface area contributed by atoms with Crippen LogP contribution in [0.15, 0.2) is 59.4 Å². The van der Waals surface area contributed by atoms with Gasteiger partial charge in [-0.25, -0.2) is 9.97 Å². The lowest BCUT2D eigenvalue weighted by Crippen LogP contribution is -2.37. The Morgan fingerprint density at radius 3 is 2.36 bits per heavy atom. The first-order valence-corrected chi connectivity index (χ1v) is 14.0. The summed E-state index contributed by atoms with van der Waals surface area (Å²) in [5.41, 5.74) is 0.0821. The Bertz CT molecular complexity index is 1380. The van der Waals surface area contributed by atoms with Crippen LogP contribution in [0, 0.1) is 0 Å². The summed E-state index contributed by atoms with van der Waals surface area (Å²) >= 11 is 0. The molecule has 2 heterocycles. The minimum absolute atomic E-state index is 0.0529. The quantitative estimate of drug-likeness (QED) is 0.140. The monoisotopic (exact) mass is 544 g/mol. The molecule has 0 aliphatic carbocycles. The first kappa shape index (κ1) is 28.1. The Morgan fingerprint density at radius 2 is 1.75 bits per heavy atom. The van der Waals surface area contributed by atoms with E-state index >= 15 is 0 Å². The molecule has 14 nitrogen and oxygen atoms in total. The number of aromatic nitrogens is 4. The van der Waals surface area contributed by atoms with Gasteiger partial charge in [0.25, 0.3) is 5.56 Å². The Kier molecular flexibility index (Phi) is 8.78. The van der Waals surface area contributed by atoms with Gasteiger partial charge in [0.2, 0.25) is 0 Å². The second-order valence-corrected chi connectivity index (χ2v) is 11.9. The zero-order valence-electron chi connectivity index (χ0n) is 19.0. The van der Waals surface area contributed by atoms with E-state index in [1.165, 1.54) is 23.9 Å². The predicted molar refractivity (Wildman–Crippen MR) is 127 cm³/mol. The van der Waals surface area contributed by atoms with Gasteiger partial charge in [-0.15, -0.1) is 0 Å². The van der Waals surface area contributed by atoms with Crippen LogP contribution in [0.2, 0.25) is 0 Å². The molecule has 3 rings (SSSR count). The summed E-state index contributed by atoms with van der Waals surface area (Å²) in [6.45, 7) is 0.888. The van der Waals surface area contributed by atoms with Gasteiger partial charge in [0.05, 0.1) is 19.5 Å². The Balaban J connectivity index is 1.77. The number of rotatable bonds is 11. The van der Waals surface area contributed by atoms with E-state index in [0.717, 1.165) is 16.5 Å². The van der Waals surface area contributed by atoms with Gasteiger partial charge in [-0.05, 0) is 18.1 Å². The molecule has 4 atom stereocenters. The standard InChI is InChI=1S/C20H26N4O10P2/c1-2-14(9-34-36(32,33)12-35(29,30)31)16(25)17(26)20(28)24-11-21-15-18(24)22-10-23(19(15)27)8-13-6-4-3-5-7-13/h2-7,10-11,16-17,20,25-26,28H,8-9,12H2,1H3,(H,32,33)(H2,29,30,31)/b14-2-/t16-,17-,20-/m1/s1. The van der Waals surface area contributed by atoms with Crippen LogP contribution in [0.25, 0.3) is 11.2 Å². The first-order valence-electron chi connectivity index (χ1n) is 10.5. The SMILES string of the molecule is C/C=C(/COP(=O)(O)CP(=O)(O)O)[C@@H](O)[C@@H](O)[C@@H](O)n1cnc2c(=O)n(Cc3ccccc3)cnc21. The highest BCUT2D eigenvalue weighted by molar-refractivity contribution is 7.70. The number of imidazole rings is 1. The van der Waals surface area contributed by atoms with Crippen LogP contribution in [-0.4, -0.2) is 73.8 Å². The fourth-order valence-corrected chi connectivity index (χ4v) is 5.91.